The average Bonchev–Trinajstić information content (AvgIpc) is 2.92. The van der Waals surface area contributed by atoms with Crippen molar-refractivity contribution in [1.29, 1.82) is 0 Å². The first-order valence-corrected chi connectivity index (χ1v) is 6.75. The molecule has 0 saturated heterocycles. The van der Waals surface area contributed by atoms with Crippen LogP contribution in [-0.2, 0) is 10.9 Å². The number of halogens is 4. The van der Waals surface area contributed by atoms with E-state index in [1.165, 1.54) is 24.3 Å². The van der Waals surface area contributed by atoms with E-state index in [9.17, 15) is 22.4 Å². The number of rotatable bonds is 2. The highest BCUT2D eigenvalue weighted by Gasteiger charge is 2.32. The minimum atomic E-state index is -4.54. The Hall–Kier alpha value is -2.90. The number of aromatic nitrogens is 2. The van der Waals surface area contributed by atoms with Crippen molar-refractivity contribution < 1.29 is 27.1 Å². The van der Waals surface area contributed by atoms with Gasteiger partial charge in [0.1, 0.15) is 17.1 Å². The van der Waals surface area contributed by atoms with Crippen molar-refractivity contribution >= 4 is 11.5 Å². The van der Waals surface area contributed by atoms with E-state index in [1.807, 2.05) is 0 Å². The highest BCUT2D eigenvalue weighted by atomic mass is 19.4. The lowest BCUT2D eigenvalue weighted by Crippen LogP contribution is -2.07. The third-order valence-electron chi connectivity index (χ3n) is 3.46. The maximum absolute atomic E-state index is 13.1. The van der Waals surface area contributed by atoms with Crippen LogP contribution in [0.25, 0.3) is 16.8 Å². The average molecular weight is 338 g/mol. The second-order valence-corrected chi connectivity index (χ2v) is 4.97. The first-order chi connectivity index (χ1) is 11.3. The number of methoxy groups -OCH3 is 1. The molecule has 1 aromatic carbocycles. The molecule has 3 aromatic rings. The summed E-state index contributed by atoms with van der Waals surface area (Å²) in [5, 5.41) is 4.05. The van der Waals surface area contributed by atoms with Crippen LogP contribution in [0, 0.1) is 5.82 Å². The molecule has 0 spiro atoms. The minimum absolute atomic E-state index is 0.0119. The second kappa shape index (κ2) is 5.63. The third-order valence-corrected chi connectivity index (χ3v) is 3.46. The molecule has 0 aliphatic carbocycles. The molecule has 3 rings (SSSR count). The van der Waals surface area contributed by atoms with Crippen LogP contribution in [0.15, 0.2) is 42.6 Å². The maximum Gasteiger partial charge on any atom is 0.417 e. The molecule has 4 nitrogen and oxygen atoms in total. The fraction of sp³-hybridized carbons (Fsp3) is 0.125. The summed E-state index contributed by atoms with van der Waals surface area (Å²) >= 11 is 0. The summed E-state index contributed by atoms with van der Waals surface area (Å²) in [6, 6.07) is 7.11. The van der Waals surface area contributed by atoms with Crippen molar-refractivity contribution in [2.24, 2.45) is 0 Å². The molecule has 0 N–H and O–H groups in total. The molecule has 8 heteroatoms. The number of carbonyl (C=O) groups excluding carboxylic acids is 1. The van der Waals surface area contributed by atoms with Gasteiger partial charge in [0, 0.05) is 11.8 Å². The standard InChI is InChI=1S/C16H10F4N2O2/c1-24-15(23)13-12-7-4-10(16(18,19)20)8-22(12)21-14(13)9-2-5-11(17)6-3-9/h2-8H,1H3. The van der Waals surface area contributed by atoms with Gasteiger partial charge in [-0.15, -0.1) is 0 Å². The van der Waals surface area contributed by atoms with Crippen molar-refractivity contribution in [3.8, 4) is 11.3 Å². The number of fused-ring (bicyclic) bond motifs is 1. The van der Waals surface area contributed by atoms with Crippen molar-refractivity contribution in [3.05, 3.63) is 59.5 Å². The molecule has 0 radical (unpaired) electrons. The zero-order chi connectivity index (χ0) is 17.5. The van der Waals surface area contributed by atoms with Crippen LogP contribution in [0.2, 0.25) is 0 Å². The Morgan fingerprint density at radius 3 is 2.38 bits per heavy atom. The predicted octanol–water partition coefficient (Wildman–Crippen LogP) is 3.95. The number of hydrogen-bond acceptors (Lipinski definition) is 3. The third kappa shape index (κ3) is 2.70. The van der Waals surface area contributed by atoms with E-state index in [0.29, 0.717) is 5.56 Å². The molecule has 0 fully saturated rings. The topological polar surface area (TPSA) is 43.6 Å². The molecule has 0 atom stereocenters. The van der Waals surface area contributed by atoms with Crippen molar-refractivity contribution in [2.75, 3.05) is 7.11 Å². The van der Waals surface area contributed by atoms with Crippen LogP contribution in [0.5, 0.6) is 0 Å². The highest BCUT2D eigenvalue weighted by molar-refractivity contribution is 6.03. The van der Waals surface area contributed by atoms with Gasteiger partial charge >= 0.3 is 12.1 Å². The smallest absolute Gasteiger partial charge is 0.417 e. The summed E-state index contributed by atoms with van der Waals surface area (Å²) in [5.41, 5.74) is -0.234. The van der Waals surface area contributed by atoms with Crippen LogP contribution in [0.3, 0.4) is 0 Å². The summed E-state index contributed by atoms with van der Waals surface area (Å²) < 4.78 is 57.3. The Labute approximate surface area is 133 Å². The van der Waals surface area contributed by atoms with E-state index >= 15 is 0 Å². The number of pyridine rings is 1. The summed E-state index contributed by atoms with van der Waals surface area (Å²) in [6.07, 6.45) is -3.75. The fourth-order valence-electron chi connectivity index (χ4n) is 2.33. The Bertz CT molecular complexity index is 914. The van der Waals surface area contributed by atoms with Crippen LogP contribution < -0.4 is 0 Å². The van der Waals surface area contributed by atoms with Gasteiger partial charge in [-0.05, 0) is 36.4 Å². The van der Waals surface area contributed by atoms with E-state index in [4.69, 9.17) is 4.74 Å². The lowest BCUT2D eigenvalue weighted by atomic mass is 10.1. The van der Waals surface area contributed by atoms with Gasteiger partial charge in [0.15, 0.2) is 0 Å². The first-order valence-electron chi connectivity index (χ1n) is 6.75. The Kier molecular flexibility index (Phi) is 3.75. The molecule has 2 aromatic heterocycles. The van der Waals surface area contributed by atoms with Crippen LogP contribution in [-0.4, -0.2) is 22.7 Å². The second-order valence-electron chi connectivity index (χ2n) is 4.97. The van der Waals surface area contributed by atoms with Gasteiger partial charge in [-0.1, -0.05) is 0 Å². The quantitative estimate of drug-likeness (QED) is 0.525. The molecule has 0 bridgehead atoms. The number of alkyl halides is 3. The number of esters is 1. The molecule has 0 aliphatic heterocycles. The van der Waals surface area contributed by atoms with Crippen LogP contribution >= 0.6 is 0 Å². The van der Waals surface area contributed by atoms with Crippen molar-refractivity contribution in [2.45, 2.75) is 6.18 Å². The van der Waals surface area contributed by atoms with Gasteiger partial charge in [-0.3, -0.25) is 0 Å². The fourth-order valence-corrected chi connectivity index (χ4v) is 2.33. The van der Waals surface area contributed by atoms with Crippen molar-refractivity contribution in [1.82, 2.24) is 9.61 Å². The van der Waals surface area contributed by atoms with Gasteiger partial charge in [0.05, 0.1) is 18.2 Å². The summed E-state index contributed by atoms with van der Waals surface area (Å²) in [5.74, 6) is -1.23. The highest BCUT2D eigenvalue weighted by Crippen LogP contribution is 2.32. The lowest BCUT2D eigenvalue weighted by molar-refractivity contribution is -0.137. The van der Waals surface area contributed by atoms with E-state index < -0.39 is 23.5 Å². The Morgan fingerprint density at radius 1 is 1.12 bits per heavy atom. The molecular formula is C16H10F4N2O2. The number of ether oxygens (including phenoxy) is 1. The molecule has 0 amide bonds. The SMILES string of the molecule is COC(=O)c1c(-c2ccc(F)cc2)nn2cc(C(F)(F)F)ccc12. The van der Waals surface area contributed by atoms with E-state index in [2.05, 4.69) is 5.10 Å². The van der Waals surface area contributed by atoms with E-state index in [1.54, 1.807) is 0 Å². The normalized spacial score (nSPS) is 11.7. The zero-order valence-corrected chi connectivity index (χ0v) is 12.3. The minimum Gasteiger partial charge on any atom is -0.465 e. The Balaban J connectivity index is 2.27. The van der Waals surface area contributed by atoms with Gasteiger partial charge in [0.25, 0.3) is 0 Å². The van der Waals surface area contributed by atoms with Gasteiger partial charge < -0.3 is 4.74 Å². The summed E-state index contributed by atoms with van der Waals surface area (Å²) in [4.78, 5) is 12.1. The van der Waals surface area contributed by atoms with Gasteiger partial charge in [-0.25, -0.2) is 13.7 Å². The molecule has 124 valence electrons. The number of hydrogen-bond donors (Lipinski definition) is 0. The molecule has 0 aliphatic rings. The maximum atomic E-state index is 13.1. The first kappa shape index (κ1) is 16.0. The predicted molar refractivity (Wildman–Crippen MR) is 76.9 cm³/mol. The number of carbonyl (C=O) groups is 1. The monoisotopic (exact) mass is 338 g/mol. The van der Waals surface area contributed by atoms with Crippen LogP contribution in [0.1, 0.15) is 15.9 Å². The van der Waals surface area contributed by atoms with E-state index in [-0.39, 0.29) is 16.8 Å². The lowest BCUT2D eigenvalue weighted by Gasteiger charge is -2.06. The number of nitrogens with zero attached hydrogens (tertiary/aromatic N) is 2. The molecule has 0 unspecified atom stereocenters. The molecule has 24 heavy (non-hydrogen) atoms. The van der Waals surface area contributed by atoms with Gasteiger partial charge in [0.2, 0.25) is 0 Å². The zero-order valence-electron chi connectivity index (χ0n) is 12.3. The molecule has 2 heterocycles. The summed E-state index contributed by atoms with van der Waals surface area (Å²) in [6.45, 7) is 0. The number of benzene rings is 1. The summed E-state index contributed by atoms with van der Waals surface area (Å²) in [7, 11) is 1.16. The molecular weight excluding hydrogens is 328 g/mol. The molecule has 0 saturated carbocycles. The van der Waals surface area contributed by atoms with E-state index in [0.717, 1.165) is 30.0 Å². The van der Waals surface area contributed by atoms with Crippen LogP contribution in [0.4, 0.5) is 17.6 Å². The Morgan fingerprint density at radius 2 is 1.79 bits per heavy atom. The van der Waals surface area contributed by atoms with Gasteiger partial charge in [-0.2, -0.15) is 18.3 Å². The van der Waals surface area contributed by atoms with Crippen molar-refractivity contribution in [3.63, 3.8) is 0 Å². The largest absolute Gasteiger partial charge is 0.465 e.